The molecule has 2 unspecified atom stereocenters. The Morgan fingerprint density at radius 3 is 2.80 bits per heavy atom. The predicted molar refractivity (Wildman–Crippen MR) is 153 cm³/mol. The average Bonchev–Trinajstić information content (AvgIpc) is 3.48. The molecular formula is C32H37N5O3. The number of aryl methyl sites for hydroxylation is 3. The van der Waals surface area contributed by atoms with Gasteiger partial charge in [-0.25, -0.2) is 9.67 Å². The molecule has 0 fully saturated rings. The maximum Gasteiger partial charge on any atom is 0.312 e. The van der Waals surface area contributed by atoms with Gasteiger partial charge < -0.3 is 9.47 Å². The van der Waals surface area contributed by atoms with Gasteiger partial charge >= 0.3 is 5.97 Å². The number of aromatic nitrogens is 4. The van der Waals surface area contributed by atoms with Crippen molar-refractivity contribution in [1.82, 2.24) is 24.9 Å². The molecule has 2 aromatic heterocycles. The van der Waals surface area contributed by atoms with Crippen LogP contribution in [0.3, 0.4) is 0 Å². The molecule has 8 heteroatoms. The first-order chi connectivity index (χ1) is 19.2. The summed E-state index contributed by atoms with van der Waals surface area (Å²) in [5.41, 5.74) is 8.04. The Morgan fingerprint density at radius 1 is 1.18 bits per heavy atom. The molecule has 4 aromatic rings. The van der Waals surface area contributed by atoms with E-state index in [0.29, 0.717) is 0 Å². The number of pyridine rings is 1. The molecule has 1 aliphatic carbocycles. The number of ether oxygens (including phenoxy) is 2. The first kappa shape index (κ1) is 26.4. The Bertz CT molecular complexity index is 1590. The average molecular weight is 540 g/mol. The maximum absolute atomic E-state index is 13.3. The minimum atomic E-state index is -0.812. The molecule has 0 bridgehead atoms. The fourth-order valence-electron chi connectivity index (χ4n) is 6.81. The molecule has 8 nitrogen and oxygen atoms in total. The minimum absolute atomic E-state index is 0.0377. The van der Waals surface area contributed by atoms with Gasteiger partial charge in [-0.05, 0) is 80.5 Å². The van der Waals surface area contributed by atoms with Crippen molar-refractivity contribution >= 4 is 17.0 Å². The lowest BCUT2D eigenvalue weighted by Crippen LogP contribution is -2.34. The van der Waals surface area contributed by atoms with Gasteiger partial charge in [-0.1, -0.05) is 35.5 Å². The van der Waals surface area contributed by atoms with E-state index < -0.39 is 5.41 Å². The van der Waals surface area contributed by atoms with Crippen LogP contribution in [0.5, 0.6) is 5.88 Å². The standard InChI is InChI=1S/C32H37N5O3/c1-19-17-37(18-23-8-7-15-33-30(23)40-19)26-13-11-21-9-10-22(16-25(21)26)28(32(3,4)31(38)39-6)24-12-14-27-29(20(24)2)34-35-36(27)5/h7-10,12,14-16,19,26,28H,11,13,17-18H2,1-6H3/t19-,26?,28?/m1/s1. The van der Waals surface area contributed by atoms with Gasteiger partial charge in [0.25, 0.3) is 0 Å². The molecule has 6 rings (SSSR count). The number of esters is 1. The molecule has 3 heterocycles. The highest BCUT2D eigenvalue weighted by Gasteiger charge is 2.42. The second-order valence-corrected chi connectivity index (χ2v) is 11.8. The highest BCUT2D eigenvalue weighted by Crippen LogP contribution is 2.47. The predicted octanol–water partition coefficient (Wildman–Crippen LogP) is 5.27. The number of carbonyl (C=O) groups excluding carboxylic acids is 1. The van der Waals surface area contributed by atoms with Gasteiger partial charge in [-0.2, -0.15) is 0 Å². The second kappa shape index (κ2) is 10.0. The SMILES string of the molecule is COC(=O)C(C)(C)C(c1ccc2c(c1)C(N1Cc3cccnc3O[C@H](C)C1)CC2)c1ccc2c(nnn2C)c1C. The van der Waals surface area contributed by atoms with E-state index in [1.807, 2.05) is 27.0 Å². The summed E-state index contributed by atoms with van der Waals surface area (Å²) < 4.78 is 13.3. The number of benzene rings is 2. The highest BCUT2D eigenvalue weighted by atomic mass is 16.5. The Hall–Kier alpha value is -3.78. The molecule has 3 atom stereocenters. The minimum Gasteiger partial charge on any atom is -0.473 e. The topological polar surface area (TPSA) is 82.4 Å². The molecular weight excluding hydrogens is 502 g/mol. The summed E-state index contributed by atoms with van der Waals surface area (Å²) in [6.07, 6.45) is 3.91. The van der Waals surface area contributed by atoms with Crippen molar-refractivity contribution in [3.8, 4) is 5.88 Å². The molecule has 0 radical (unpaired) electrons. The number of methoxy groups -OCH3 is 1. The summed E-state index contributed by atoms with van der Waals surface area (Å²) in [5, 5.41) is 8.68. The van der Waals surface area contributed by atoms with Crippen molar-refractivity contribution in [2.75, 3.05) is 13.7 Å². The van der Waals surface area contributed by atoms with Crippen LogP contribution in [-0.4, -0.2) is 50.6 Å². The summed E-state index contributed by atoms with van der Waals surface area (Å²) in [4.78, 5) is 20.3. The molecule has 0 saturated heterocycles. The van der Waals surface area contributed by atoms with E-state index in [-0.39, 0.29) is 24.0 Å². The summed E-state index contributed by atoms with van der Waals surface area (Å²) in [5.74, 6) is 0.268. The van der Waals surface area contributed by atoms with Crippen LogP contribution in [0.1, 0.15) is 72.5 Å². The highest BCUT2D eigenvalue weighted by molar-refractivity contribution is 5.82. The third kappa shape index (κ3) is 4.35. The lowest BCUT2D eigenvalue weighted by Gasteiger charge is -2.35. The van der Waals surface area contributed by atoms with Crippen LogP contribution >= 0.6 is 0 Å². The van der Waals surface area contributed by atoms with E-state index in [1.54, 1.807) is 10.9 Å². The van der Waals surface area contributed by atoms with Crippen LogP contribution in [0.25, 0.3) is 11.0 Å². The van der Waals surface area contributed by atoms with Crippen molar-refractivity contribution in [1.29, 1.82) is 0 Å². The van der Waals surface area contributed by atoms with Crippen LogP contribution in [0.15, 0.2) is 48.7 Å². The Kier molecular flexibility index (Phi) is 6.61. The molecule has 0 amide bonds. The largest absolute Gasteiger partial charge is 0.473 e. The van der Waals surface area contributed by atoms with Crippen LogP contribution in [-0.2, 0) is 29.5 Å². The van der Waals surface area contributed by atoms with E-state index in [9.17, 15) is 4.79 Å². The van der Waals surface area contributed by atoms with E-state index >= 15 is 0 Å². The van der Waals surface area contributed by atoms with Crippen molar-refractivity contribution in [2.45, 2.75) is 65.1 Å². The number of fused-ring (bicyclic) bond motifs is 3. The fraction of sp³-hybridized carbons (Fsp3) is 0.438. The zero-order chi connectivity index (χ0) is 28.2. The summed E-state index contributed by atoms with van der Waals surface area (Å²) in [7, 11) is 3.36. The number of hydrogen-bond acceptors (Lipinski definition) is 7. The van der Waals surface area contributed by atoms with Crippen LogP contribution < -0.4 is 4.74 Å². The molecule has 0 spiro atoms. The van der Waals surface area contributed by atoms with Gasteiger partial charge in [-0.3, -0.25) is 9.69 Å². The number of carbonyl (C=O) groups is 1. The monoisotopic (exact) mass is 539 g/mol. The number of hydrogen-bond donors (Lipinski definition) is 0. The van der Waals surface area contributed by atoms with Gasteiger partial charge in [0.15, 0.2) is 0 Å². The normalized spacial score (nSPS) is 19.9. The van der Waals surface area contributed by atoms with Crippen molar-refractivity contribution in [3.05, 3.63) is 82.0 Å². The number of rotatable bonds is 5. The zero-order valence-electron chi connectivity index (χ0n) is 24.1. The molecule has 0 N–H and O–H groups in total. The van der Waals surface area contributed by atoms with E-state index in [0.717, 1.165) is 65.1 Å². The van der Waals surface area contributed by atoms with Gasteiger partial charge in [0.1, 0.15) is 11.6 Å². The molecule has 40 heavy (non-hydrogen) atoms. The van der Waals surface area contributed by atoms with Crippen LogP contribution in [0, 0.1) is 12.3 Å². The maximum atomic E-state index is 13.3. The quantitative estimate of drug-likeness (QED) is 0.320. The fourth-order valence-corrected chi connectivity index (χ4v) is 6.81. The van der Waals surface area contributed by atoms with Crippen LogP contribution in [0.4, 0.5) is 0 Å². The van der Waals surface area contributed by atoms with Crippen LogP contribution in [0.2, 0.25) is 0 Å². The third-order valence-corrected chi connectivity index (χ3v) is 8.84. The summed E-state index contributed by atoms with van der Waals surface area (Å²) >= 11 is 0. The summed E-state index contributed by atoms with van der Waals surface area (Å²) in [6, 6.07) is 15.3. The van der Waals surface area contributed by atoms with Gasteiger partial charge in [0.05, 0.1) is 18.0 Å². The second-order valence-electron chi connectivity index (χ2n) is 11.8. The van der Waals surface area contributed by atoms with Gasteiger partial charge in [-0.15, -0.1) is 5.10 Å². The molecule has 1 aliphatic heterocycles. The third-order valence-electron chi connectivity index (χ3n) is 8.84. The van der Waals surface area contributed by atoms with E-state index in [2.05, 4.69) is 70.4 Å². The van der Waals surface area contributed by atoms with Crippen molar-refractivity contribution in [2.24, 2.45) is 12.5 Å². The van der Waals surface area contributed by atoms with Crippen molar-refractivity contribution in [3.63, 3.8) is 0 Å². The Labute approximate surface area is 235 Å². The molecule has 0 saturated carbocycles. The molecule has 2 aromatic carbocycles. The smallest absolute Gasteiger partial charge is 0.312 e. The Morgan fingerprint density at radius 2 is 2.00 bits per heavy atom. The molecule has 208 valence electrons. The zero-order valence-corrected chi connectivity index (χ0v) is 24.1. The number of nitrogens with zero attached hydrogens (tertiary/aromatic N) is 5. The Balaban J connectivity index is 1.45. The van der Waals surface area contributed by atoms with Gasteiger partial charge in [0, 0.05) is 43.9 Å². The summed E-state index contributed by atoms with van der Waals surface area (Å²) in [6.45, 7) is 9.76. The van der Waals surface area contributed by atoms with Gasteiger partial charge in [0.2, 0.25) is 5.88 Å². The van der Waals surface area contributed by atoms with E-state index in [1.165, 1.54) is 18.2 Å². The lowest BCUT2D eigenvalue weighted by molar-refractivity contribution is -0.151. The first-order valence-corrected chi connectivity index (χ1v) is 14.0. The van der Waals surface area contributed by atoms with Crippen molar-refractivity contribution < 1.29 is 14.3 Å². The van der Waals surface area contributed by atoms with E-state index in [4.69, 9.17) is 9.47 Å². The lowest BCUT2D eigenvalue weighted by atomic mass is 9.69. The molecule has 2 aliphatic rings. The first-order valence-electron chi connectivity index (χ1n) is 14.0.